The summed E-state index contributed by atoms with van der Waals surface area (Å²) in [5, 5.41) is 0. The van der Waals surface area contributed by atoms with Crippen molar-refractivity contribution in [2.24, 2.45) is 11.8 Å². The molecule has 22 heavy (non-hydrogen) atoms. The third kappa shape index (κ3) is 4.12. The molecule has 2 aromatic rings. The van der Waals surface area contributed by atoms with E-state index in [0.29, 0.717) is 11.8 Å². The van der Waals surface area contributed by atoms with Gasteiger partial charge in [0.1, 0.15) is 0 Å². The molecule has 0 radical (unpaired) electrons. The highest BCUT2D eigenvalue weighted by Gasteiger charge is 2.07. The fraction of sp³-hybridized carbons (Fsp3) is 0.273. The summed E-state index contributed by atoms with van der Waals surface area (Å²) in [5.41, 5.74) is 11.7. The Labute approximate surface area is 134 Å². The minimum Gasteiger partial charge on any atom is -0.0655 e. The van der Waals surface area contributed by atoms with Crippen molar-refractivity contribution in [1.29, 1.82) is 0 Å². The Hall–Kier alpha value is -2.26. The zero-order valence-electron chi connectivity index (χ0n) is 13.9. The molecule has 112 valence electrons. The average Bonchev–Trinajstić information content (AvgIpc) is 2.52. The van der Waals surface area contributed by atoms with E-state index in [9.17, 15) is 0 Å². The van der Waals surface area contributed by atoms with E-state index in [2.05, 4.69) is 87.7 Å². The lowest BCUT2D eigenvalue weighted by Crippen LogP contribution is -1.93. The van der Waals surface area contributed by atoms with E-state index < -0.39 is 0 Å². The first-order chi connectivity index (χ1) is 10.6. The van der Waals surface area contributed by atoms with Gasteiger partial charge in [-0.1, -0.05) is 99.8 Å². The van der Waals surface area contributed by atoms with Crippen LogP contribution in [-0.2, 0) is 0 Å². The monoisotopic (exact) mass is 288 g/mol. The molecule has 0 fully saturated rings. The summed E-state index contributed by atoms with van der Waals surface area (Å²) < 4.78 is 0. The molecule has 0 unspecified atom stereocenters. The van der Waals surface area contributed by atoms with Crippen molar-refractivity contribution in [3.05, 3.63) is 83.3 Å². The SMILES string of the molecule is CC(C)C(=C=C=C(c1ccccc1)C(C)C)c1ccccc1. The molecule has 0 saturated carbocycles. The van der Waals surface area contributed by atoms with Crippen LogP contribution in [0, 0.1) is 11.8 Å². The Morgan fingerprint density at radius 3 is 1.18 bits per heavy atom. The lowest BCUT2D eigenvalue weighted by atomic mass is 9.94. The maximum absolute atomic E-state index is 3.45. The predicted molar refractivity (Wildman–Crippen MR) is 96.4 cm³/mol. The maximum Gasteiger partial charge on any atom is 0.0122 e. The molecule has 0 spiro atoms. The van der Waals surface area contributed by atoms with Crippen LogP contribution in [0.15, 0.2) is 72.1 Å². The van der Waals surface area contributed by atoms with Crippen LogP contribution in [0.3, 0.4) is 0 Å². The third-order valence-electron chi connectivity index (χ3n) is 3.66. The molecule has 0 aliphatic rings. The molecule has 0 N–H and O–H groups in total. The molecule has 0 aliphatic heterocycles. The number of hydrogen-bond donors (Lipinski definition) is 0. The average molecular weight is 288 g/mol. The van der Waals surface area contributed by atoms with Crippen LogP contribution in [0.5, 0.6) is 0 Å². The lowest BCUT2D eigenvalue weighted by molar-refractivity contribution is 0.853. The molecule has 0 atom stereocenters. The molecule has 0 heterocycles. The van der Waals surface area contributed by atoms with Crippen LogP contribution in [0.4, 0.5) is 0 Å². The number of hydrogen-bond acceptors (Lipinski definition) is 0. The quantitative estimate of drug-likeness (QED) is 0.586. The van der Waals surface area contributed by atoms with E-state index in [-0.39, 0.29) is 0 Å². The lowest BCUT2D eigenvalue weighted by Gasteiger charge is -2.09. The minimum atomic E-state index is 0.416. The zero-order valence-corrected chi connectivity index (χ0v) is 13.9. The van der Waals surface area contributed by atoms with E-state index >= 15 is 0 Å². The number of rotatable bonds is 4. The van der Waals surface area contributed by atoms with Crippen LogP contribution >= 0.6 is 0 Å². The zero-order chi connectivity index (χ0) is 15.9. The molecule has 0 bridgehead atoms. The summed E-state index contributed by atoms with van der Waals surface area (Å²) in [4.78, 5) is 0. The van der Waals surface area contributed by atoms with E-state index in [1.54, 1.807) is 0 Å². The van der Waals surface area contributed by atoms with Crippen LogP contribution in [-0.4, -0.2) is 0 Å². The Morgan fingerprint density at radius 1 is 0.591 bits per heavy atom. The largest absolute Gasteiger partial charge is 0.0655 e. The van der Waals surface area contributed by atoms with Gasteiger partial charge in [0.05, 0.1) is 0 Å². The Balaban J connectivity index is 2.63. The molecule has 2 aromatic carbocycles. The summed E-state index contributed by atoms with van der Waals surface area (Å²) >= 11 is 0. The van der Waals surface area contributed by atoms with E-state index in [4.69, 9.17) is 0 Å². The van der Waals surface area contributed by atoms with Crippen molar-refractivity contribution in [2.75, 3.05) is 0 Å². The molecule has 2 rings (SSSR count). The first-order valence-corrected chi connectivity index (χ1v) is 7.96. The smallest absolute Gasteiger partial charge is 0.0122 e. The van der Waals surface area contributed by atoms with Crippen LogP contribution in [0.1, 0.15) is 38.8 Å². The van der Waals surface area contributed by atoms with Crippen molar-refractivity contribution in [1.82, 2.24) is 0 Å². The Bertz CT molecular complexity index is 627. The summed E-state index contributed by atoms with van der Waals surface area (Å²) in [6, 6.07) is 20.9. The number of benzene rings is 2. The Morgan fingerprint density at radius 2 is 0.909 bits per heavy atom. The van der Waals surface area contributed by atoms with Gasteiger partial charge < -0.3 is 0 Å². The van der Waals surface area contributed by atoms with Crippen molar-refractivity contribution in [3.63, 3.8) is 0 Å². The van der Waals surface area contributed by atoms with Gasteiger partial charge >= 0.3 is 0 Å². The second-order valence-electron chi connectivity index (χ2n) is 6.12. The number of allylic oxidation sites excluding steroid dienone is 2. The van der Waals surface area contributed by atoms with Crippen molar-refractivity contribution < 1.29 is 0 Å². The van der Waals surface area contributed by atoms with Gasteiger partial charge in [-0.25, -0.2) is 0 Å². The van der Waals surface area contributed by atoms with Crippen LogP contribution < -0.4 is 0 Å². The van der Waals surface area contributed by atoms with Crippen molar-refractivity contribution in [3.8, 4) is 0 Å². The van der Waals surface area contributed by atoms with E-state index in [1.807, 2.05) is 12.1 Å². The second kappa shape index (κ2) is 7.66. The third-order valence-corrected chi connectivity index (χ3v) is 3.66. The molecule has 0 amide bonds. The van der Waals surface area contributed by atoms with Gasteiger partial charge in [-0.05, 0) is 23.0 Å². The first-order valence-electron chi connectivity index (χ1n) is 7.96. The molecule has 0 heteroatoms. The summed E-state index contributed by atoms with van der Waals surface area (Å²) in [7, 11) is 0. The van der Waals surface area contributed by atoms with Gasteiger partial charge in [0.2, 0.25) is 0 Å². The van der Waals surface area contributed by atoms with E-state index in [1.165, 1.54) is 22.3 Å². The minimum absolute atomic E-state index is 0.416. The second-order valence-corrected chi connectivity index (χ2v) is 6.12. The van der Waals surface area contributed by atoms with Gasteiger partial charge in [-0.2, -0.15) is 0 Å². The maximum atomic E-state index is 3.45. The topological polar surface area (TPSA) is 0 Å². The standard InChI is InChI=1S/C22H24/c1-17(2)21(19-11-7-5-8-12-19)15-16-22(18(3)4)20-13-9-6-10-14-20/h5-14,17-18H,1-4H3. The Kier molecular flexibility index (Phi) is 5.61. The molecule has 0 aromatic heterocycles. The van der Waals surface area contributed by atoms with E-state index in [0.717, 1.165) is 0 Å². The fourth-order valence-electron chi connectivity index (χ4n) is 2.47. The van der Waals surface area contributed by atoms with Crippen LogP contribution in [0.25, 0.3) is 11.1 Å². The highest BCUT2D eigenvalue weighted by Crippen LogP contribution is 2.24. The first kappa shape index (κ1) is 16.1. The van der Waals surface area contributed by atoms with Crippen LogP contribution in [0.2, 0.25) is 0 Å². The molecular weight excluding hydrogens is 264 g/mol. The summed E-state index contributed by atoms with van der Waals surface area (Å²) in [6.45, 7) is 8.81. The van der Waals surface area contributed by atoms with Gasteiger partial charge in [0.25, 0.3) is 0 Å². The normalized spacial score (nSPS) is 10.3. The molecular formula is C22H24. The summed E-state index contributed by atoms with van der Waals surface area (Å²) in [6.07, 6.45) is 0. The molecule has 0 aliphatic carbocycles. The molecule has 0 nitrogen and oxygen atoms in total. The highest BCUT2D eigenvalue weighted by atomic mass is 14.1. The fourth-order valence-corrected chi connectivity index (χ4v) is 2.47. The van der Waals surface area contributed by atoms with Gasteiger partial charge in [-0.3, -0.25) is 0 Å². The summed E-state index contributed by atoms with van der Waals surface area (Å²) in [5.74, 6) is 0.832. The van der Waals surface area contributed by atoms with Gasteiger partial charge in [-0.15, -0.1) is 0 Å². The predicted octanol–water partition coefficient (Wildman–Crippen LogP) is 6.22. The highest BCUT2D eigenvalue weighted by molar-refractivity contribution is 5.70. The molecule has 0 saturated heterocycles. The van der Waals surface area contributed by atoms with Gasteiger partial charge in [0, 0.05) is 11.1 Å². The van der Waals surface area contributed by atoms with Crippen molar-refractivity contribution in [2.45, 2.75) is 27.7 Å². The van der Waals surface area contributed by atoms with Crippen molar-refractivity contribution >= 4 is 11.1 Å². The van der Waals surface area contributed by atoms with Gasteiger partial charge in [0.15, 0.2) is 0 Å².